The minimum absolute atomic E-state index is 0.215. The minimum Gasteiger partial charge on any atom is -0.480 e. The third kappa shape index (κ3) is 2.44. The van der Waals surface area contributed by atoms with Crippen LogP contribution in [0.1, 0.15) is 6.92 Å². The van der Waals surface area contributed by atoms with Crippen LogP contribution in [0.15, 0.2) is 10.7 Å². The second-order valence-electron chi connectivity index (χ2n) is 3.65. The Balaban J connectivity index is 2.19. The van der Waals surface area contributed by atoms with E-state index < -0.39 is 0 Å². The molecule has 0 radical (unpaired) electrons. The van der Waals surface area contributed by atoms with Gasteiger partial charge < -0.3 is 14.4 Å². The predicted molar refractivity (Wildman–Crippen MR) is 63.9 cm³/mol. The summed E-state index contributed by atoms with van der Waals surface area (Å²) >= 11 is 3.33. The van der Waals surface area contributed by atoms with Gasteiger partial charge in [0.25, 0.3) is 0 Å². The van der Waals surface area contributed by atoms with Gasteiger partial charge in [-0.2, -0.15) is 4.98 Å². The van der Waals surface area contributed by atoms with Crippen molar-refractivity contribution in [2.24, 2.45) is 0 Å². The van der Waals surface area contributed by atoms with Gasteiger partial charge in [-0.25, -0.2) is 4.98 Å². The Hall–Kier alpha value is -0.880. The van der Waals surface area contributed by atoms with Crippen molar-refractivity contribution in [2.75, 3.05) is 31.7 Å². The van der Waals surface area contributed by atoms with Crippen LogP contribution in [0.2, 0.25) is 0 Å². The number of anilines is 1. The van der Waals surface area contributed by atoms with Gasteiger partial charge in [0.1, 0.15) is 0 Å². The van der Waals surface area contributed by atoms with E-state index in [4.69, 9.17) is 9.47 Å². The number of halogens is 1. The van der Waals surface area contributed by atoms with Gasteiger partial charge in [0.05, 0.1) is 30.5 Å². The van der Waals surface area contributed by atoms with Crippen LogP contribution in [0.3, 0.4) is 0 Å². The van der Waals surface area contributed by atoms with Gasteiger partial charge in [-0.3, -0.25) is 0 Å². The monoisotopic (exact) mass is 287 g/mol. The maximum absolute atomic E-state index is 5.47. The van der Waals surface area contributed by atoms with Crippen LogP contribution >= 0.6 is 15.9 Å². The molecule has 5 nitrogen and oxygen atoms in total. The molecule has 0 aliphatic carbocycles. The van der Waals surface area contributed by atoms with E-state index in [1.165, 1.54) is 0 Å². The molecule has 1 atom stereocenters. The molecule has 1 fully saturated rings. The van der Waals surface area contributed by atoms with Crippen LogP contribution < -0.4 is 9.64 Å². The summed E-state index contributed by atoms with van der Waals surface area (Å²) in [5.41, 5.74) is 0. The lowest BCUT2D eigenvalue weighted by Crippen LogP contribution is -2.42. The molecule has 0 saturated carbocycles. The Morgan fingerprint density at radius 1 is 1.62 bits per heavy atom. The summed E-state index contributed by atoms with van der Waals surface area (Å²) in [5.74, 6) is 1.25. The Kier molecular flexibility index (Phi) is 3.60. The highest BCUT2D eigenvalue weighted by Gasteiger charge is 2.19. The third-order valence-corrected chi connectivity index (χ3v) is 2.96. The number of hydrogen-bond donors (Lipinski definition) is 0. The maximum atomic E-state index is 5.47. The molecule has 0 bridgehead atoms. The third-order valence-electron chi connectivity index (χ3n) is 2.42. The van der Waals surface area contributed by atoms with Crippen LogP contribution in [-0.4, -0.2) is 42.9 Å². The lowest BCUT2D eigenvalue weighted by molar-refractivity contribution is 0.0526. The number of nitrogens with zero attached hydrogens (tertiary/aromatic N) is 3. The molecule has 6 heteroatoms. The molecule has 1 aliphatic heterocycles. The molecule has 1 saturated heterocycles. The van der Waals surface area contributed by atoms with Gasteiger partial charge in [0, 0.05) is 13.1 Å². The van der Waals surface area contributed by atoms with Crippen molar-refractivity contribution in [2.45, 2.75) is 13.0 Å². The zero-order valence-corrected chi connectivity index (χ0v) is 10.9. The first kappa shape index (κ1) is 11.6. The van der Waals surface area contributed by atoms with Crippen molar-refractivity contribution in [3.63, 3.8) is 0 Å². The molecule has 2 heterocycles. The lowest BCUT2D eigenvalue weighted by atomic mass is 10.3. The largest absolute Gasteiger partial charge is 0.480 e. The molecule has 1 aromatic heterocycles. The highest BCUT2D eigenvalue weighted by molar-refractivity contribution is 9.10. The van der Waals surface area contributed by atoms with Gasteiger partial charge in [0.2, 0.25) is 11.8 Å². The van der Waals surface area contributed by atoms with Crippen molar-refractivity contribution in [1.82, 2.24) is 9.97 Å². The molecule has 1 aliphatic rings. The fraction of sp³-hybridized carbons (Fsp3) is 0.600. The Bertz CT molecular complexity index is 375. The summed E-state index contributed by atoms with van der Waals surface area (Å²) in [6.45, 7) is 4.38. The van der Waals surface area contributed by atoms with Crippen LogP contribution in [0.25, 0.3) is 0 Å². The molecule has 0 aromatic carbocycles. The molecular weight excluding hydrogens is 274 g/mol. The molecular formula is C10H14BrN3O2. The summed E-state index contributed by atoms with van der Waals surface area (Å²) < 4.78 is 11.4. The van der Waals surface area contributed by atoms with Crippen LogP contribution in [0.4, 0.5) is 5.95 Å². The van der Waals surface area contributed by atoms with E-state index in [9.17, 15) is 0 Å². The zero-order valence-electron chi connectivity index (χ0n) is 9.31. The maximum Gasteiger partial charge on any atom is 0.232 e. The van der Waals surface area contributed by atoms with Crippen molar-refractivity contribution in [3.05, 3.63) is 10.7 Å². The molecule has 0 spiro atoms. The SMILES string of the molecule is COc1nc(N2CCOC(C)C2)ncc1Br. The normalized spacial score (nSPS) is 20.9. The highest BCUT2D eigenvalue weighted by atomic mass is 79.9. The molecule has 88 valence electrons. The first-order valence-electron chi connectivity index (χ1n) is 5.14. The van der Waals surface area contributed by atoms with E-state index in [1.54, 1.807) is 13.3 Å². The molecule has 1 unspecified atom stereocenters. The second kappa shape index (κ2) is 4.97. The highest BCUT2D eigenvalue weighted by Crippen LogP contribution is 2.24. The lowest BCUT2D eigenvalue weighted by Gasteiger charge is -2.31. The van der Waals surface area contributed by atoms with Gasteiger partial charge in [-0.05, 0) is 22.9 Å². The first-order valence-corrected chi connectivity index (χ1v) is 5.93. The fourth-order valence-corrected chi connectivity index (χ4v) is 1.99. The zero-order chi connectivity index (χ0) is 11.5. The van der Waals surface area contributed by atoms with Crippen LogP contribution in [0, 0.1) is 0 Å². The minimum atomic E-state index is 0.215. The fourth-order valence-electron chi connectivity index (χ4n) is 1.64. The van der Waals surface area contributed by atoms with Crippen molar-refractivity contribution >= 4 is 21.9 Å². The smallest absolute Gasteiger partial charge is 0.232 e. The summed E-state index contributed by atoms with van der Waals surface area (Å²) in [4.78, 5) is 10.7. The van der Waals surface area contributed by atoms with Gasteiger partial charge >= 0.3 is 0 Å². The van der Waals surface area contributed by atoms with Gasteiger partial charge in [-0.15, -0.1) is 0 Å². The standard InChI is InChI=1S/C10H14BrN3O2/c1-7-6-14(3-4-16-7)10-12-5-8(11)9(13-10)15-2/h5,7H,3-4,6H2,1-2H3. The predicted octanol–water partition coefficient (Wildman–Crippen LogP) is 1.47. The van der Waals surface area contributed by atoms with Crippen molar-refractivity contribution in [3.8, 4) is 5.88 Å². The van der Waals surface area contributed by atoms with Crippen molar-refractivity contribution < 1.29 is 9.47 Å². The number of aromatic nitrogens is 2. The average molecular weight is 288 g/mol. The molecule has 0 amide bonds. The first-order chi connectivity index (χ1) is 7.70. The Labute approximate surface area is 103 Å². The van der Waals surface area contributed by atoms with Crippen molar-refractivity contribution in [1.29, 1.82) is 0 Å². The second-order valence-corrected chi connectivity index (χ2v) is 4.51. The number of morpholine rings is 1. The molecule has 0 N–H and O–H groups in total. The summed E-state index contributed by atoms with van der Waals surface area (Å²) in [6.07, 6.45) is 1.92. The number of methoxy groups -OCH3 is 1. The molecule has 16 heavy (non-hydrogen) atoms. The number of hydrogen-bond acceptors (Lipinski definition) is 5. The van der Waals surface area contributed by atoms with E-state index in [-0.39, 0.29) is 6.10 Å². The van der Waals surface area contributed by atoms with E-state index in [2.05, 4.69) is 30.8 Å². The average Bonchev–Trinajstić information content (AvgIpc) is 2.29. The van der Waals surface area contributed by atoms with E-state index >= 15 is 0 Å². The van der Waals surface area contributed by atoms with E-state index in [1.807, 2.05) is 6.92 Å². The van der Waals surface area contributed by atoms with Crippen LogP contribution in [0.5, 0.6) is 5.88 Å². The Morgan fingerprint density at radius 3 is 3.12 bits per heavy atom. The number of ether oxygens (including phenoxy) is 2. The number of rotatable bonds is 2. The van der Waals surface area contributed by atoms with E-state index in [0.29, 0.717) is 18.4 Å². The molecule has 2 rings (SSSR count). The van der Waals surface area contributed by atoms with Crippen LogP contribution in [-0.2, 0) is 4.74 Å². The Morgan fingerprint density at radius 2 is 2.44 bits per heavy atom. The van der Waals surface area contributed by atoms with Gasteiger partial charge in [-0.1, -0.05) is 0 Å². The van der Waals surface area contributed by atoms with Gasteiger partial charge in [0.15, 0.2) is 0 Å². The summed E-state index contributed by atoms with van der Waals surface area (Å²) in [7, 11) is 1.60. The molecule has 1 aromatic rings. The summed E-state index contributed by atoms with van der Waals surface area (Å²) in [5, 5.41) is 0. The topological polar surface area (TPSA) is 47.5 Å². The summed E-state index contributed by atoms with van der Waals surface area (Å²) in [6, 6.07) is 0. The quantitative estimate of drug-likeness (QED) is 0.825. The van der Waals surface area contributed by atoms with E-state index in [0.717, 1.165) is 17.6 Å².